The Kier molecular flexibility index (Phi) is 3.39. The van der Waals surface area contributed by atoms with Gasteiger partial charge in [-0.3, -0.25) is 0 Å². The minimum atomic E-state index is -0.790. The van der Waals surface area contributed by atoms with Crippen LogP contribution in [0.4, 0.5) is 9.18 Å². The maximum atomic E-state index is 14.0. The normalized spacial score (nSPS) is 18.8. The van der Waals surface area contributed by atoms with Crippen LogP contribution in [0.2, 0.25) is 0 Å². The summed E-state index contributed by atoms with van der Waals surface area (Å²) in [6.07, 6.45) is -0.411. The van der Waals surface area contributed by atoms with E-state index in [1.165, 1.54) is 6.07 Å². The molecule has 1 amide bonds. The fourth-order valence-electron chi connectivity index (χ4n) is 3.21. The molecule has 0 bridgehead atoms. The van der Waals surface area contributed by atoms with Crippen LogP contribution in [0.15, 0.2) is 42.5 Å². The van der Waals surface area contributed by atoms with Gasteiger partial charge in [-0.2, -0.15) is 0 Å². The van der Waals surface area contributed by atoms with Gasteiger partial charge in [0.25, 0.3) is 0 Å². The number of primary amides is 1. The first-order valence-electron chi connectivity index (χ1n) is 7.22. The maximum Gasteiger partial charge on any atom is 0.405 e. The van der Waals surface area contributed by atoms with Gasteiger partial charge in [0.2, 0.25) is 0 Å². The quantitative estimate of drug-likeness (QED) is 0.903. The average Bonchev–Trinajstić information content (AvgIpc) is 2.69. The van der Waals surface area contributed by atoms with Crippen LogP contribution in [0.3, 0.4) is 0 Å². The zero-order chi connectivity index (χ0) is 15.9. The molecule has 0 radical (unpaired) electrons. The largest absolute Gasteiger partial charge is 0.441 e. The molecular formula is C18H18FNO2. The molecule has 0 saturated carbocycles. The van der Waals surface area contributed by atoms with Crippen molar-refractivity contribution in [1.29, 1.82) is 0 Å². The number of benzene rings is 2. The summed E-state index contributed by atoms with van der Waals surface area (Å²) in [5, 5.41) is 0. The van der Waals surface area contributed by atoms with Crippen LogP contribution in [-0.4, -0.2) is 6.09 Å². The number of rotatable bonds is 2. The first kappa shape index (κ1) is 14.6. The Bertz CT molecular complexity index is 740. The molecule has 2 aromatic carbocycles. The molecule has 0 heterocycles. The zero-order valence-electron chi connectivity index (χ0n) is 12.6. The highest BCUT2D eigenvalue weighted by molar-refractivity contribution is 5.68. The Balaban J connectivity index is 2.08. The summed E-state index contributed by atoms with van der Waals surface area (Å²) in [4.78, 5) is 11.2. The van der Waals surface area contributed by atoms with Crippen LogP contribution in [0.5, 0.6) is 0 Å². The van der Waals surface area contributed by atoms with Gasteiger partial charge in [-0.15, -0.1) is 0 Å². The number of ether oxygens (including phenoxy) is 1. The fraction of sp³-hybridized carbons (Fsp3) is 0.278. The molecule has 2 N–H and O–H groups in total. The molecule has 1 aliphatic rings. The monoisotopic (exact) mass is 299 g/mol. The lowest BCUT2D eigenvalue weighted by atomic mass is 9.87. The van der Waals surface area contributed by atoms with E-state index in [4.69, 9.17) is 10.5 Å². The predicted molar refractivity (Wildman–Crippen MR) is 82.7 cm³/mol. The molecule has 1 unspecified atom stereocenters. The molecule has 1 aliphatic carbocycles. The van der Waals surface area contributed by atoms with Crippen molar-refractivity contribution in [3.63, 3.8) is 0 Å². The van der Waals surface area contributed by atoms with E-state index >= 15 is 0 Å². The minimum absolute atomic E-state index is 0.231. The van der Waals surface area contributed by atoms with Crippen LogP contribution >= 0.6 is 0 Å². The van der Waals surface area contributed by atoms with E-state index in [9.17, 15) is 9.18 Å². The number of hydrogen-bond acceptors (Lipinski definition) is 2. The van der Waals surface area contributed by atoms with E-state index in [0.717, 1.165) is 23.1 Å². The first-order chi connectivity index (χ1) is 10.4. The molecule has 2 aromatic rings. The molecule has 0 aliphatic heterocycles. The Morgan fingerprint density at radius 3 is 2.68 bits per heavy atom. The number of carbonyl (C=O) groups excluding carboxylic acids is 1. The Labute approximate surface area is 128 Å². The second kappa shape index (κ2) is 5.13. The molecule has 114 valence electrons. The summed E-state index contributed by atoms with van der Waals surface area (Å²) < 4.78 is 19.3. The number of hydrogen-bond donors (Lipinski definition) is 1. The lowest BCUT2D eigenvalue weighted by molar-refractivity contribution is 0.0392. The third kappa shape index (κ3) is 2.45. The summed E-state index contributed by atoms with van der Waals surface area (Å²) in [5.74, 6) is -0.271. The summed E-state index contributed by atoms with van der Waals surface area (Å²) in [5.41, 5.74) is 8.29. The molecule has 4 heteroatoms. The summed E-state index contributed by atoms with van der Waals surface area (Å²) >= 11 is 0. The second-order valence-corrected chi connectivity index (χ2v) is 6.38. The van der Waals surface area contributed by atoms with Gasteiger partial charge < -0.3 is 10.5 Å². The Hall–Kier alpha value is -2.36. The van der Waals surface area contributed by atoms with E-state index in [2.05, 4.69) is 0 Å². The number of amides is 1. The van der Waals surface area contributed by atoms with E-state index in [1.54, 1.807) is 18.2 Å². The molecule has 3 nitrogen and oxygen atoms in total. The van der Waals surface area contributed by atoms with Gasteiger partial charge in [0.05, 0.1) is 0 Å². The second-order valence-electron chi connectivity index (χ2n) is 6.38. The Morgan fingerprint density at radius 1 is 1.27 bits per heavy atom. The smallest absolute Gasteiger partial charge is 0.405 e. The maximum absolute atomic E-state index is 14.0. The highest BCUT2D eigenvalue weighted by atomic mass is 19.1. The fourth-order valence-corrected chi connectivity index (χ4v) is 3.21. The highest BCUT2D eigenvalue weighted by Crippen LogP contribution is 2.48. The number of carbonyl (C=O) groups is 1. The molecule has 1 atom stereocenters. The molecule has 0 spiro atoms. The molecule has 0 fully saturated rings. The lowest BCUT2D eigenvalue weighted by Crippen LogP contribution is -2.25. The van der Waals surface area contributed by atoms with Crippen molar-refractivity contribution in [2.75, 3.05) is 0 Å². The third-order valence-electron chi connectivity index (χ3n) is 4.20. The Morgan fingerprint density at radius 2 is 2.00 bits per heavy atom. The van der Waals surface area contributed by atoms with Gasteiger partial charge in [-0.1, -0.05) is 44.2 Å². The van der Waals surface area contributed by atoms with Crippen LogP contribution in [-0.2, 0) is 11.2 Å². The van der Waals surface area contributed by atoms with Crippen molar-refractivity contribution < 1.29 is 13.9 Å². The molecule has 3 rings (SSSR count). The molecule has 22 heavy (non-hydrogen) atoms. The van der Waals surface area contributed by atoms with Crippen LogP contribution in [0, 0.1) is 11.2 Å². The van der Waals surface area contributed by atoms with Crippen molar-refractivity contribution in [1.82, 2.24) is 0 Å². The number of nitrogens with two attached hydrogens (primary N) is 1. The van der Waals surface area contributed by atoms with Gasteiger partial charge in [-0.25, -0.2) is 9.18 Å². The number of halogens is 1. The standard InChI is InChI=1S/C18H18FNO2/c1-18(2)10-12-8-7-11(13-5-3-4-6-15(13)19)9-14(12)16(18)22-17(20)21/h3-9,16H,10H2,1-2H3,(H2,20,21). The van der Waals surface area contributed by atoms with E-state index in [1.807, 2.05) is 32.0 Å². The topological polar surface area (TPSA) is 52.3 Å². The molecule has 0 saturated heterocycles. The van der Waals surface area contributed by atoms with Crippen molar-refractivity contribution in [2.45, 2.75) is 26.4 Å². The highest BCUT2D eigenvalue weighted by Gasteiger charge is 2.41. The molecule has 0 aromatic heterocycles. The van der Waals surface area contributed by atoms with Crippen molar-refractivity contribution >= 4 is 6.09 Å². The van der Waals surface area contributed by atoms with E-state index in [-0.39, 0.29) is 11.2 Å². The third-order valence-corrected chi connectivity index (χ3v) is 4.20. The predicted octanol–water partition coefficient (Wildman–Crippen LogP) is 4.21. The van der Waals surface area contributed by atoms with Crippen LogP contribution in [0.1, 0.15) is 31.1 Å². The van der Waals surface area contributed by atoms with Crippen LogP contribution in [0.25, 0.3) is 11.1 Å². The van der Waals surface area contributed by atoms with Gasteiger partial charge in [0, 0.05) is 11.0 Å². The van der Waals surface area contributed by atoms with Gasteiger partial charge in [0.15, 0.2) is 0 Å². The minimum Gasteiger partial charge on any atom is -0.441 e. The SMILES string of the molecule is CC1(C)Cc2ccc(-c3ccccc3F)cc2C1OC(N)=O. The average molecular weight is 299 g/mol. The number of fused-ring (bicyclic) bond motifs is 1. The summed E-state index contributed by atoms with van der Waals surface area (Å²) in [7, 11) is 0. The van der Waals surface area contributed by atoms with Crippen LogP contribution < -0.4 is 5.73 Å². The van der Waals surface area contributed by atoms with Crippen molar-refractivity contribution in [2.24, 2.45) is 11.1 Å². The summed E-state index contributed by atoms with van der Waals surface area (Å²) in [6.45, 7) is 4.06. The summed E-state index contributed by atoms with van der Waals surface area (Å²) in [6, 6.07) is 12.4. The van der Waals surface area contributed by atoms with Gasteiger partial charge in [0.1, 0.15) is 11.9 Å². The molecular weight excluding hydrogens is 281 g/mol. The first-order valence-corrected chi connectivity index (χ1v) is 7.22. The van der Waals surface area contributed by atoms with Crippen molar-refractivity contribution in [3.05, 3.63) is 59.4 Å². The van der Waals surface area contributed by atoms with Gasteiger partial charge in [-0.05, 0) is 35.2 Å². The van der Waals surface area contributed by atoms with Gasteiger partial charge >= 0.3 is 6.09 Å². The zero-order valence-corrected chi connectivity index (χ0v) is 12.6. The lowest BCUT2D eigenvalue weighted by Gasteiger charge is -2.26. The van der Waals surface area contributed by atoms with E-state index in [0.29, 0.717) is 5.56 Å². The van der Waals surface area contributed by atoms with E-state index < -0.39 is 12.2 Å². The van der Waals surface area contributed by atoms with Crippen molar-refractivity contribution in [3.8, 4) is 11.1 Å².